The summed E-state index contributed by atoms with van der Waals surface area (Å²) in [6.07, 6.45) is 0. The molecule has 10 heterocycles. The molecule has 506 valence electrons. The topological polar surface area (TPSA) is 301 Å². The van der Waals surface area contributed by atoms with Gasteiger partial charge in [-0.05, 0) is 140 Å². The van der Waals surface area contributed by atoms with Crippen LogP contribution in [0.1, 0.15) is 34.2 Å². The van der Waals surface area contributed by atoms with E-state index < -0.39 is 14.2 Å². The van der Waals surface area contributed by atoms with Gasteiger partial charge in [0.25, 0.3) is 14.2 Å². The third-order valence-corrected chi connectivity index (χ3v) is 17.3. The molecule has 0 saturated carbocycles. The number of aryl methyl sites for hydroxylation is 6. The van der Waals surface area contributed by atoms with Crippen molar-refractivity contribution in [2.45, 2.75) is 41.5 Å². The van der Waals surface area contributed by atoms with Crippen molar-refractivity contribution in [2.24, 2.45) is 0 Å². The maximum atomic E-state index is 5.07. The summed E-state index contributed by atoms with van der Waals surface area (Å²) in [6, 6.07) is 89.7. The predicted octanol–water partition coefficient (Wildman–Crippen LogP) is 12.2. The Kier molecular flexibility index (Phi) is 22.4. The number of hydrogen-bond acceptors (Lipinski definition) is 14. The van der Waals surface area contributed by atoms with Gasteiger partial charge in [-0.3, -0.25) is 15.4 Å². The smallest absolute Gasteiger partial charge is 0.571 e. The third-order valence-electron chi connectivity index (χ3n) is 17.3. The van der Waals surface area contributed by atoms with E-state index in [2.05, 4.69) is 212 Å². The summed E-state index contributed by atoms with van der Waals surface area (Å²) in [7, 11) is -0.820. The van der Waals surface area contributed by atoms with Crippen LogP contribution in [-0.4, -0.2) is 129 Å². The van der Waals surface area contributed by atoms with Gasteiger partial charge in [0.1, 0.15) is 5.69 Å². The molecule has 0 amide bonds. The summed E-state index contributed by atoms with van der Waals surface area (Å²) in [4.78, 5) is 0. The maximum Gasteiger partial charge on any atom is 2.00 e. The van der Waals surface area contributed by atoms with Crippen LogP contribution < -0.4 is 10.2 Å². The van der Waals surface area contributed by atoms with Gasteiger partial charge in [-0.1, -0.05) is 224 Å². The fourth-order valence-electron chi connectivity index (χ4n) is 12.2. The number of nitrogens with zero attached hydrogens (tertiary/aromatic N) is 22. The monoisotopic (exact) mass is 1480 g/mol. The van der Waals surface area contributed by atoms with Crippen molar-refractivity contribution < 1.29 is 44.4 Å². The van der Waals surface area contributed by atoms with Crippen molar-refractivity contribution >= 4 is 36.0 Å². The number of H-pyrrole nitrogens is 2. The summed E-state index contributed by atoms with van der Waals surface area (Å²) < 4.78 is 12.1. The Morgan fingerprint density at radius 1 is 0.333 bits per heavy atom. The van der Waals surface area contributed by atoms with Crippen LogP contribution in [0, 0.1) is 41.5 Å². The SMILES string of the molecule is Cc1cc(-c2ccccc2)nn1[B-](n1nc(-c2ccccc2)cc1C)n1nc(-c2ccccc2)cc1C.Cc1cc(-c2ccccc2)nn1[B-](n1nc(-c2ccccc2)cc1C)n1nc(-c2ccccc2)cc1C.O.[Zn+2].[Zn+2].c1ccc2c(-c3nnn[n-]3)n[nH]c2c1.c1ccc2c(-c3nnn[nH]3)[n-]nc2c1. The molecule has 18 rings (SSSR count). The molecule has 0 fully saturated rings. The van der Waals surface area contributed by atoms with Crippen molar-refractivity contribution in [3.63, 3.8) is 0 Å². The summed E-state index contributed by atoms with van der Waals surface area (Å²) in [5.41, 5.74) is 21.3. The Morgan fingerprint density at radius 2 is 0.648 bits per heavy atom. The Balaban J connectivity index is 0.000000142. The molecular formula is C76H66B2N24OZn2. The molecule has 0 aliphatic carbocycles. The molecule has 0 atom stereocenters. The van der Waals surface area contributed by atoms with Gasteiger partial charge in [0.05, 0.1) is 45.5 Å². The van der Waals surface area contributed by atoms with Gasteiger partial charge < -0.3 is 48.3 Å². The third kappa shape index (κ3) is 15.5. The fourth-order valence-corrected chi connectivity index (χ4v) is 12.2. The number of rotatable bonds is 14. The zero-order valence-corrected chi connectivity index (χ0v) is 64.2. The van der Waals surface area contributed by atoms with Gasteiger partial charge in [0.2, 0.25) is 0 Å². The van der Waals surface area contributed by atoms with E-state index in [-0.39, 0.29) is 44.4 Å². The number of tetrazole rings is 2. The second-order valence-electron chi connectivity index (χ2n) is 24.2. The second kappa shape index (κ2) is 32.6. The average Bonchev–Trinajstić information content (AvgIpc) is 1.62. The van der Waals surface area contributed by atoms with Crippen molar-refractivity contribution in [3.05, 3.63) is 301 Å². The first-order chi connectivity index (χ1) is 50.1. The summed E-state index contributed by atoms with van der Waals surface area (Å²) >= 11 is 0. The molecular weight excluding hydrogens is 1420 g/mol. The normalized spacial score (nSPS) is 10.9. The molecule has 0 saturated heterocycles. The van der Waals surface area contributed by atoms with Crippen molar-refractivity contribution in [1.82, 2.24) is 120 Å². The van der Waals surface area contributed by atoms with Gasteiger partial charge in [0.15, 0.2) is 5.82 Å². The molecule has 10 aromatic heterocycles. The molecule has 0 aliphatic rings. The van der Waals surface area contributed by atoms with Crippen LogP contribution in [0.4, 0.5) is 0 Å². The molecule has 2 radical (unpaired) electrons. The Bertz CT molecular complexity index is 5010. The van der Waals surface area contributed by atoms with Crippen LogP contribution in [0.15, 0.2) is 267 Å². The van der Waals surface area contributed by atoms with Crippen LogP contribution >= 0.6 is 0 Å². The second-order valence-corrected chi connectivity index (χ2v) is 24.2. The van der Waals surface area contributed by atoms with Gasteiger partial charge >= 0.3 is 39.0 Å². The van der Waals surface area contributed by atoms with E-state index >= 15 is 0 Å². The molecule has 105 heavy (non-hydrogen) atoms. The van der Waals surface area contributed by atoms with E-state index in [0.29, 0.717) is 23.0 Å². The molecule has 8 aromatic carbocycles. The van der Waals surface area contributed by atoms with Crippen molar-refractivity contribution in [1.29, 1.82) is 0 Å². The molecule has 25 nitrogen and oxygen atoms in total. The van der Waals surface area contributed by atoms with E-state index in [1.165, 1.54) is 0 Å². The Hall–Kier alpha value is -12.6. The van der Waals surface area contributed by atoms with Crippen molar-refractivity contribution in [2.75, 3.05) is 0 Å². The number of para-hydroxylation sites is 1. The van der Waals surface area contributed by atoms with E-state index in [0.717, 1.165) is 124 Å². The maximum absolute atomic E-state index is 5.07. The first-order valence-corrected chi connectivity index (χ1v) is 33.0. The first-order valence-electron chi connectivity index (χ1n) is 33.0. The van der Waals surface area contributed by atoms with Crippen LogP contribution in [0.3, 0.4) is 0 Å². The van der Waals surface area contributed by atoms with Crippen LogP contribution in [0.5, 0.6) is 0 Å². The zero-order chi connectivity index (χ0) is 69.5. The number of hydrogen-bond donors (Lipinski definition) is 2. The summed E-state index contributed by atoms with van der Waals surface area (Å²) in [5.74, 6) is 0.987. The fraction of sp³-hybridized carbons (Fsp3) is 0.0789. The number of aromatic nitrogens is 24. The van der Waals surface area contributed by atoms with Crippen LogP contribution in [-0.2, 0) is 39.0 Å². The van der Waals surface area contributed by atoms with E-state index in [1.807, 2.05) is 185 Å². The quantitative estimate of drug-likeness (QED) is 0.0956. The number of nitrogens with one attached hydrogen (secondary N) is 2. The molecule has 0 spiro atoms. The van der Waals surface area contributed by atoms with Crippen molar-refractivity contribution in [3.8, 4) is 90.6 Å². The standard InChI is InChI=1S/2C30H27BN6.2C8H5N6.H2O.2Zn/c2*1-22-19-28(25-13-7-4-8-14-25)32-35(22)31(36-23(2)20-29(33-36)26-15-9-5-10-16-26)37-24(3)21-30(34-37)27-17-11-6-12-18-27;2*1-2-4-6-5(3-1)7(10-9-6)8-11-13-14-12-8;;;/h2*4-21H,1-3H3;2*1-4H,(H-,9,10,11,12,13,14);1H2;;/q4*-1;;2*+2. The predicted molar refractivity (Wildman–Crippen MR) is 398 cm³/mol. The summed E-state index contributed by atoms with van der Waals surface area (Å²) in [6.45, 7) is 12.5. The molecule has 0 aliphatic heterocycles. The van der Waals surface area contributed by atoms with E-state index in [1.54, 1.807) is 0 Å². The minimum Gasteiger partial charge on any atom is -0.571 e. The van der Waals surface area contributed by atoms with E-state index in [4.69, 9.17) is 30.6 Å². The number of fused-ring (bicyclic) bond motifs is 2. The van der Waals surface area contributed by atoms with Crippen LogP contribution in [0.2, 0.25) is 0 Å². The number of aromatic amines is 2. The largest absolute Gasteiger partial charge is 2.00 e. The number of benzene rings is 8. The first kappa shape index (κ1) is 72.2. The zero-order valence-electron chi connectivity index (χ0n) is 58.3. The Labute approximate surface area is 629 Å². The van der Waals surface area contributed by atoms with Gasteiger partial charge in [-0.2, -0.15) is 10.3 Å². The van der Waals surface area contributed by atoms with Crippen LogP contribution in [0.25, 0.3) is 112 Å². The minimum absolute atomic E-state index is 0. The summed E-state index contributed by atoms with van der Waals surface area (Å²) in [5, 5.41) is 75.2. The van der Waals surface area contributed by atoms with Gasteiger partial charge in [0, 0.05) is 44.3 Å². The average molecular weight is 1480 g/mol. The molecule has 4 N–H and O–H groups in total. The van der Waals surface area contributed by atoms with Gasteiger partial charge in [-0.25, -0.2) is 35.7 Å². The molecule has 18 aromatic rings. The minimum atomic E-state index is -0.410. The molecule has 29 heteroatoms. The van der Waals surface area contributed by atoms with E-state index in [9.17, 15) is 0 Å². The molecule has 0 unspecified atom stereocenters. The molecule has 0 bridgehead atoms. The Morgan fingerprint density at radius 3 is 0.962 bits per heavy atom. The van der Waals surface area contributed by atoms with Gasteiger partial charge in [-0.15, -0.1) is 5.10 Å².